The number of allylic oxidation sites excluding steroid dienone is 1. The lowest BCUT2D eigenvalue weighted by atomic mass is 9.46. The van der Waals surface area contributed by atoms with E-state index in [4.69, 9.17) is 4.74 Å². The van der Waals surface area contributed by atoms with Crippen molar-refractivity contribution in [2.24, 2.45) is 34.5 Å². The van der Waals surface area contributed by atoms with Crippen molar-refractivity contribution < 1.29 is 19.1 Å². The van der Waals surface area contributed by atoms with Crippen LogP contribution in [0.25, 0.3) is 0 Å². The first-order valence-corrected chi connectivity index (χ1v) is 10.7. The molecule has 0 bridgehead atoms. The highest BCUT2D eigenvalue weighted by atomic mass is 16.5. The number of esters is 1. The van der Waals surface area contributed by atoms with Crippen LogP contribution in [0.2, 0.25) is 0 Å². The Morgan fingerprint density at radius 1 is 1.07 bits per heavy atom. The molecule has 0 aromatic carbocycles. The van der Waals surface area contributed by atoms with Gasteiger partial charge in [-0.25, -0.2) is 0 Å². The molecule has 6 atom stereocenters. The maximum absolute atomic E-state index is 12.8. The second-order valence-electron chi connectivity index (χ2n) is 9.89. The number of ether oxygens (including phenoxy) is 1. The highest BCUT2D eigenvalue weighted by Crippen LogP contribution is 2.66. The Morgan fingerprint density at radius 3 is 2.59 bits per heavy atom. The Labute approximate surface area is 162 Å². The number of fused-ring (bicyclic) bond motifs is 5. The molecule has 3 fully saturated rings. The molecule has 3 saturated carbocycles. The molecule has 4 nitrogen and oxygen atoms in total. The van der Waals surface area contributed by atoms with Gasteiger partial charge in [-0.1, -0.05) is 19.4 Å². The van der Waals surface area contributed by atoms with E-state index in [2.05, 4.69) is 13.8 Å². The Kier molecular flexibility index (Phi) is 4.59. The molecule has 4 rings (SSSR count). The van der Waals surface area contributed by atoms with Gasteiger partial charge in [0.1, 0.15) is 6.61 Å². The third kappa shape index (κ3) is 2.91. The van der Waals surface area contributed by atoms with Crippen molar-refractivity contribution in [1.29, 1.82) is 0 Å². The van der Waals surface area contributed by atoms with Crippen LogP contribution in [0.5, 0.6) is 0 Å². The second-order valence-corrected chi connectivity index (χ2v) is 9.89. The van der Waals surface area contributed by atoms with Crippen molar-refractivity contribution in [1.82, 2.24) is 0 Å². The molecule has 0 spiro atoms. The molecule has 4 aliphatic rings. The van der Waals surface area contributed by atoms with Crippen LogP contribution in [0.1, 0.15) is 72.1 Å². The molecule has 0 N–H and O–H groups in total. The van der Waals surface area contributed by atoms with Crippen LogP contribution in [0.15, 0.2) is 11.6 Å². The summed E-state index contributed by atoms with van der Waals surface area (Å²) in [6.07, 6.45) is 10.1. The summed E-state index contributed by atoms with van der Waals surface area (Å²) in [5, 5.41) is 0. The monoisotopic (exact) mass is 372 g/mol. The molecule has 0 aliphatic heterocycles. The lowest BCUT2D eigenvalue weighted by Crippen LogP contribution is -2.51. The van der Waals surface area contributed by atoms with Gasteiger partial charge in [0.15, 0.2) is 11.6 Å². The van der Waals surface area contributed by atoms with Crippen LogP contribution in [0, 0.1) is 34.5 Å². The van der Waals surface area contributed by atoms with Crippen molar-refractivity contribution in [3.63, 3.8) is 0 Å². The molecule has 0 radical (unpaired) electrons. The number of carbonyl (C=O) groups excluding carboxylic acids is 3. The topological polar surface area (TPSA) is 60.4 Å². The zero-order chi connectivity index (χ0) is 19.4. The minimum Gasteiger partial charge on any atom is -0.458 e. The summed E-state index contributed by atoms with van der Waals surface area (Å²) in [5.41, 5.74) is 1.61. The third-order valence-electron chi connectivity index (χ3n) is 8.77. The van der Waals surface area contributed by atoms with Gasteiger partial charge < -0.3 is 4.74 Å². The summed E-state index contributed by atoms with van der Waals surface area (Å²) in [6.45, 7) is 6.00. The summed E-state index contributed by atoms with van der Waals surface area (Å²) < 4.78 is 5.02. The standard InChI is InChI=1S/C23H32O4/c1-14(24)27-13-21(26)20-7-6-18-17-5-4-15-12-16(25)8-10-22(15,2)19(17)9-11-23(18,20)3/h12,17-20H,4-11,13H2,1-3H3/t17-,18+,19+,20+,22-,23-/m0/s1. The van der Waals surface area contributed by atoms with E-state index in [-0.39, 0.29) is 35.1 Å². The molecule has 0 aromatic heterocycles. The maximum Gasteiger partial charge on any atom is 0.303 e. The van der Waals surface area contributed by atoms with E-state index in [1.165, 1.54) is 12.5 Å². The van der Waals surface area contributed by atoms with Crippen LogP contribution in [-0.2, 0) is 19.1 Å². The minimum atomic E-state index is -0.377. The number of hydrogen-bond donors (Lipinski definition) is 0. The lowest BCUT2D eigenvalue weighted by Gasteiger charge is -2.58. The van der Waals surface area contributed by atoms with E-state index in [1.54, 1.807) is 0 Å². The van der Waals surface area contributed by atoms with Crippen molar-refractivity contribution in [3.05, 3.63) is 11.6 Å². The first-order chi connectivity index (χ1) is 12.8. The molecule has 4 heteroatoms. The summed E-state index contributed by atoms with van der Waals surface area (Å²) in [6, 6.07) is 0. The average molecular weight is 373 g/mol. The van der Waals surface area contributed by atoms with Crippen LogP contribution in [-0.4, -0.2) is 24.1 Å². The van der Waals surface area contributed by atoms with Crippen LogP contribution < -0.4 is 0 Å². The van der Waals surface area contributed by atoms with Crippen molar-refractivity contribution in [2.75, 3.05) is 6.61 Å². The Hall–Kier alpha value is -1.45. The van der Waals surface area contributed by atoms with Gasteiger partial charge >= 0.3 is 5.97 Å². The maximum atomic E-state index is 12.8. The summed E-state index contributed by atoms with van der Waals surface area (Å²) in [7, 11) is 0. The van der Waals surface area contributed by atoms with Gasteiger partial charge in [-0.05, 0) is 79.6 Å². The van der Waals surface area contributed by atoms with E-state index in [1.807, 2.05) is 6.08 Å². The SMILES string of the molecule is CC(=O)OCC(=O)[C@H]1CC[C@@H]2[C@@H]3CCC4=CC(=O)CC[C@]4(C)[C@@H]3CC[C@]12C. The molecule has 0 heterocycles. The first kappa shape index (κ1) is 18.9. The fourth-order valence-corrected chi connectivity index (χ4v) is 7.36. The molecule has 4 aliphatic carbocycles. The van der Waals surface area contributed by atoms with Gasteiger partial charge in [0.25, 0.3) is 0 Å². The van der Waals surface area contributed by atoms with E-state index in [0.29, 0.717) is 30.0 Å². The van der Waals surface area contributed by atoms with Gasteiger partial charge in [-0.2, -0.15) is 0 Å². The summed E-state index contributed by atoms with van der Waals surface area (Å²) >= 11 is 0. The van der Waals surface area contributed by atoms with E-state index < -0.39 is 0 Å². The largest absolute Gasteiger partial charge is 0.458 e. The smallest absolute Gasteiger partial charge is 0.303 e. The number of Topliss-reactive ketones (excluding diaryl/α,β-unsaturated/α-hetero) is 1. The fraction of sp³-hybridized carbons (Fsp3) is 0.783. The molecule has 148 valence electrons. The van der Waals surface area contributed by atoms with Gasteiger partial charge in [0.05, 0.1) is 0 Å². The zero-order valence-corrected chi connectivity index (χ0v) is 16.9. The first-order valence-electron chi connectivity index (χ1n) is 10.7. The fourth-order valence-electron chi connectivity index (χ4n) is 7.36. The van der Waals surface area contributed by atoms with Gasteiger partial charge in [0, 0.05) is 19.3 Å². The van der Waals surface area contributed by atoms with Gasteiger partial charge in [0.2, 0.25) is 0 Å². The lowest BCUT2D eigenvalue weighted by molar-refractivity contribution is -0.149. The van der Waals surface area contributed by atoms with Crippen LogP contribution in [0.3, 0.4) is 0 Å². The predicted molar refractivity (Wildman–Crippen MR) is 102 cm³/mol. The van der Waals surface area contributed by atoms with Crippen molar-refractivity contribution >= 4 is 17.5 Å². The Morgan fingerprint density at radius 2 is 1.85 bits per heavy atom. The molecule has 0 aromatic rings. The quantitative estimate of drug-likeness (QED) is 0.694. The number of carbonyl (C=O) groups is 3. The molecule has 27 heavy (non-hydrogen) atoms. The van der Waals surface area contributed by atoms with Gasteiger partial charge in [-0.3, -0.25) is 14.4 Å². The third-order valence-corrected chi connectivity index (χ3v) is 8.77. The summed E-state index contributed by atoms with van der Waals surface area (Å²) in [5.74, 6) is 1.95. The molecular formula is C23H32O4. The van der Waals surface area contributed by atoms with Crippen molar-refractivity contribution in [2.45, 2.75) is 72.1 Å². The number of rotatable bonds is 3. The van der Waals surface area contributed by atoms with E-state index in [9.17, 15) is 14.4 Å². The highest BCUT2D eigenvalue weighted by molar-refractivity contribution is 5.91. The Bertz CT molecular complexity index is 707. The molecule has 0 unspecified atom stereocenters. The highest BCUT2D eigenvalue weighted by Gasteiger charge is 2.60. The van der Waals surface area contributed by atoms with Crippen LogP contribution in [0.4, 0.5) is 0 Å². The number of hydrogen-bond acceptors (Lipinski definition) is 4. The average Bonchev–Trinajstić information content (AvgIpc) is 2.97. The molecular weight excluding hydrogens is 340 g/mol. The minimum absolute atomic E-state index is 0.0282. The number of ketones is 2. The Balaban J connectivity index is 1.56. The van der Waals surface area contributed by atoms with Crippen molar-refractivity contribution in [3.8, 4) is 0 Å². The van der Waals surface area contributed by atoms with E-state index >= 15 is 0 Å². The second kappa shape index (κ2) is 6.56. The van der Waals surface area contributed by atoms with E-state index in [0.717, 1.165) is 44.9 Å². The van der Waals surface area contributed by atoms with Gasteiger partial charge in [-0.15, -0.1) is 0 Å². The zero-order valence-electron chi connectivity index (χ0n) is 16.9. The van der Waals surface area contributed by atoms with Crippen LogP contribution >= 0.6 is 0 Å². The molecule has 0 saturated heterocycles. The normalized spacial score (nSPS) is 43.2. The predicted octanol–water partition coefficient (Wildman–Crippen LogP) is 4.27. The molecule has 0 amide bonds. The summed E-state index contributed by atoms with van der Waals surface area (Å²) in [4.78, 5) is 35.8.